The zero-order chi connectivity index (χ0) is 11.4. The van der Waals surface area contributed by atoms with E-state index in [9.17, 15) is 0 Å². The van der Waals surface area contributed by atoms with Gasteiger partial charge in [-0.2, -0.15) is 0 Å². The lowest BCUT2D eigenvalue weighted by Gasteiger charge is -2.10. The second kappa shape index (κ2) is 10.0. The number of rotatable bonds is 8. The van der Waals surface area contributed by atoms with Crippen LogP contribution in [0.4, 0.5) is 0 Å². The fourth-order valence-electron chi connectivity index (χ4n) is 1.05. The quantitative estimate of drug-likeness (QED) is 0.327. The standard InChI is InChI=1S/C6H11N9/c7-13-10-3-1-6(5-12-15-9)2-4-11-14-8/h6H,1-5H2. The average Bonchev–Trinajstić information content (AvgIpc) is 2.25. The second-order valence-electron chi connectivity index (χ2n) is 2.77. The van der Waals surface area contributed by atoms with Crippen molar-refractivity contribution >= 4 is 0 Å². The van der Waals surface area contributed by atoms with Crippen molar-refractivity contribution in [2.24, 2.45) is 21.3 Å². The first-order chi connectivity index (χ1) is 7.35. The van der Waals surface area contributed by atoms with Crippen molar-refractivity contribution in [2.75, 3.05) is 19.6 Å². The predicted molar refractivity (Wildman–Crippen MR) is 54.8 cm³/mol. The van der Waals surface area contributed by atoms with Gasteiger partial charge in [0.05, 0.1) is 0 Å². The van der Waals surface area contributed by atoms with Crippen molar-refractivity contribution in [1.82, 2.24) is 0 Å². The normalized spacial score (nSPS) is 10.4. The lowest BCUT2D eigenvalue weighted by atomic mass is 10.0. The Labute approximate surface area is 86.0 Å². The van der Waals surface area contributed by atoms with E-state index in [1.54, 1.807) is 0 Å². The highest BCUT2D eigenvalue weighted by atomic mass is 15.1. The van der Waals surface area contributed by atoms with Crippen molar-refractivity contribution in [3.8, 4) is 0 Å². The first-order valence-corrected chi connectivity index (χ1v) is 4.37. The summed E-state index contributed by atoms with van der Waals surface area (Å²) in [6, 6.07) is 0. The molecule has 15 heavy (non-hydrogen) atoms. The maximum atomic E-state index is 8.15. The Morgan fingerprint density at radius 1 is 0.800 bits per heavy atom. The third kappa shape index (κ3) is 8.27. The van der Waals surface area contributed by atoms with Crippen LogP contribution in [0.5, 0.6) is 0 Å². The number of azide groups is 3. The molecule has 0 aliphatic rings. The number of hydrogen-bond acceptors (Lipinski definition) is 3. The molecule has 0 spiro atoms. The van der Waals surface area contributed by atoms with Crippen LogP contribution in [-0.4, -0.2) is 19.6 Å². The van der Waals surface area contributed by atoms with Crippen LogP contribution in [0.2, 0.25) is 0 Å². The highest BCUT2D eigenvalue weighted by molar-refractivity contribution is 4.66. The highest BCUT2D eigenvalue weighted by Gasteiger charge is 2.05. The van der Waals surface area contributed by atoms with E-state index in [0.717, 1.165) is 0 Å². The van der Waals surface area contributed by atoms with E-state index in [4.69, 9.17) is 16.6 Å². The molecule has 0 N–H and O–H groups in total. The first kappa shape index (κ1) is 12.9. The van der Waals surface area contributed by atoms with E-state index in [-0.39, 0.29) is 5.92 Å². The second-order valence-corrected chi connectivity index (χ2v) is 2.77. The molecule has 0 atom stereocenters. The van der Waals surface area contributed by atoms with Gasteiger partial charge in [-0.3, -0.25) is 0 Å². The molecule has 0 saturated heterocycles. The zero-order valence-corrected chi connectivity index (χ0v) is 8.14. The first-order valence-electron chi connectivity index (χ1n) is 4.37. The molecule has 0 heterocycles. The van der Waals surface area contributed by atoms with Crippen molar-refractivity contribution in [2.45, 2.75) is 12.8 Å². The van der Waals surface area contributed by atoms with Crippen molar-refractivity contribution < 1.29 is 0 Å². The molecule has 80 valence electrons. The van der Waals surface area contributed by atoms with E-state index >= 15 is 0 Å². The minimum Gasteiger partial charge on any atom is -0.0940 e. The fraction of sp³-hybridized carbons (Fsp3) is 1.00. The molecule has 9 nitrogen and oxygen atoms in total. The van der Waals surface area contributed by atoms with Crippen LogP contribution in [0.15, 0.2) is 15.3 Å². The van der Waals surface area contributed by atoms with Gasteiger partial charge in [-0.05, 0) is 35.4 Å². The van der Waals surface area contributed by atoms with E-state index in [0.29, 0.717) is 32.5 Å². The van der Waals surface area contributed by atoms with Crippen LogP contribution < -0.4 is 0 Å². The monoisotopic (exact) mass is 209 g/mol. The van der Waals surface area contributed by atoms with Gasteiger partial charge in [0.15, 0.2) is 0 Å². The van der Waals surface area contributed by atoms with Crippen LogP contribution in [0.1, 0.15) is 12.8 Å². The van der Waals surface area contributed by atoms with E-state index in [2.05, 4.69) is 30.1 Å². The third-order valence-electron chi connectivity index (χ3n) is 1.80. The summed E-state index contributed by atoms with van der Waals surface area (Å²) in [6.07, 6.45) is 1.26. The SMILES string of the molecule is [N-]=[N+]=NCCC(CCN=[N+]=[N-])CN=[N+]=[N-]. The smallest absolute Gasteiger partial charge is 0.0286 e. The summed E-state index contributed by atoms with van der Waals surface area (Å²) in [5.74, 6) is 0.0944. The number of nitrogens with zero attached hydrogens (tertiary/aromatic N) is 9. The van der Waals surface area contributed by atoms with Crippen LogP contribution in [-0.2, 0) is 0 Å². The van der Waals surface area contributed by atoms with Gasteiger partial charge in [-0.1, -0.05) is 15.3 Å². The minimum atomic E-state index is 0.0944. The van der Waals surface area contributed by atoms with Gasteiger partial charge in [0.2, 0.25) is 0 Å². The molecule has 0 aromatic carbocycles. The van der Waals surface area contributed by atoms with Crippen LogP contribution in [0.3, 0.4) is 0 Å². The lowest BCUT2D eigenvalue weighted by molar-refractivity contribution is 0.472. The molecule has 0 aromatic rings. The van der Waals surface area contributed by atoms with Gasteiger partial charge < -0.3 is 0 Å². The molecule has 0 aliphatic heterocycles. The Morgan fingerprint density at radius 2 is 1.27 bits per heavy atom. The molecular formula is C6H11N9. The van der Waals surface area contributed by atoms with Crippen LogP contribution >= 0.6 is 0 Å². The van der Waals surface area contributed by atoms with Gasteiger partial charge >= 0.3 is 0 Å². The molecule has 0 rings (SSSR count). The molecule has 0 bridgehead atoms. The zero-order valence-electron chi connectivity index (χ0n) is 8.14. The Kier molecular flexibility index (Phi) is 8.63. The summed E-state index contributed by atoms with van der Waals surface area (Å²) >= 11 is 0. The third-order valence-corrected chi connectivity index (χ3v) is 1.80. The van der Waals surface area contributed by atoms with Crippen LogP contribution in [0, 0.1) is 5.92 Å². The Balaban J connectivity index is 3.97. The van der Waals surface area contributed by atoms with Crippen molar-refractivity contribution in [1.29, 1.82) is 0 Å². The van der Waals surface area contributed by atoms with Gasteiger partial charge in [-0.15, -0.1) is 0 Å². The minimum absolute atomic E-state index is 0.0944. The predicted octanol–water partition coefficient (Wildman–Crippen LogP) is 3.31. The molecule has 0 saturated carbocycles. The highest BCUT2D eigenvalue weighted by Crippen LogP contribution is 2.10. The Bertz CT molecular complexity index is 283. The van der Waals surface area contributed by atoms with Crippen molar-refractivity contribution in [3.63, 3.8) is 0 Å². The van der Waals surface area contributed by atoms with Crippen molar-refractivity contribution in [3.05, 3.63) is 31.3 Å². The summed E-state index contributed by atoms with van der Waals surface area (Å²) in [7, 11) is 0. The summed E-state index contributed by atoms with van der Waals surface area (Å²) in [4.78, 5) is 7.90. The van der Waals surface area contributed by atoms with E-state index in [1.807, 2.05) is 0 Å². The molecule has 0 amide bonds. The average molecular weight is 209 g/mol. The van der Waals surface area contributed by atoms with E-state index < -0.39 is 0 Å². The fourth-order valence-corrected chi connectivity index (χ4v) is 1.05. The Hall–Kier alpha value is -2.07. The van der Waals surface area contributed by atoms with Crippen LogP contribution in [0.25, 0.3) is 31.3 Å². The number of hydrogen-bond donors (Lipinski definition) is 0. The Morgan fingerprint density at radius 3 is 1.67 bits per heavy atom. The summed E-state index contributed by atoms with van der Waals surface area (Å²) < 4.78 is 0. The molecule has 0 aromatic heterocycles. The van der Waals surface area contributed by atoms with Gasteiger partial charge in [0, 0.05) is 34.4 Å². The maximum absolute atomic E-state index is 8.15. The molecular weight excluding hydrogens is 198 g/mol. The molecule has 9 heteroatoms. The molecule has 0 fully saturated rings. The van der Waals surface area contributed by atoms with Gasteiger partial charge in [0.1, 0.15) is 0 Å². The lowest BCUT2D eigenvalue weighted by Crippen LogP contribution is -2.07. The maximum Gasteiger partial charge on any atom is 0.0286 e. The molecule has 0 unspecified atom stereocenters. The summed E-state index contributed by atoms with van der Waals surface area (Å²) in [5.41, 5.74) is 24.3. The summed E-state index contributed by atoms with van der Waals surface area (Å²) in [5, 5.41) is 10.2. The largest absolute Gasteiger partial charge is 0.0940 e. The molecule has 0 aliphatic carbocycles. The van der Waals surface area contributed by atoms with E-state index in [1.165, 1.54) is 0 Å². The summed E-state index contributed by atoms with van der Waals surface area (Å²) in [6.45, 7) is 1.05. The van der Waals surface area contributed by atoms with Gasteiger partial charge in [-0.25, -0.2) is 0 Å². The van der Waals surface area contributed by atoms with Gasteiger partial charge in [0.25, 0.3) is 0 Å². The molecule has 0 radical (unpaired) electrons. The topological polar surface area (TPSA) is 146 Å².